The zero-order chi connectivity index (χ0) is 32.2. The molecule has 1 atom stereocenters. The number of carbonyl (C=O) groups excluding carboxylic acids is 2. The molecule has 10 heteroatoms. The number of piperidine rings is 1. The number of para-hydroxylation sites is 1. The Balaban J connectivity index is 1.42. The normalized spacial score (nSPS) is 13.6. The molecule has 1 aliphatic heterocycles. The molecule has 4 rings (SSSR count). The number of hydrogen-bond acceptors (Lipinski definition) is 8. The van der Waals surface area contributed by atoms with E-state index in [1.165, 1.54) is 24.9 Å². The van der Waals surface area contributed by atoms with Crippen molar-refractivity contribution in [2.75, 3.05) is 24.6 Å². The summed E-state index contributed by atoms with van der Waals surface area (Å²) in [5, 5.41) is 12.8. The van der Waals surface area contributed by atoms with E-state index in [9.17, 15) is 19.7 Å². The number of ether oxygens (including phenoxy) is 2. The average molecular weight is 618 g/mol. The van der Waals surface area contributed by atoms with Crippen molar-refractivity contribution < 1.29 is 29.0 Å². The molecule has 0 bridgehead atoms. The van der Waals surface area contributed by atoms with E-state index < -0.39 is 11.1 Å². The van der Waals surface area contributed by atoms with Gasteiger partial charge in [0.05, 0.1) is 19.1 Å². The number of esters is 1. The fourth-order valence-corrected chi connectivity index (χ4v) is 5.58. The second kappa shape index (κ2) is 16.5. The molecule has 0 unspecified atom stereocenters. The first-order valence-electron chi connectivity index (χ1n) is 15.6. The van der Waals surface area contributed by atoms with Gasteiger partial charge in [-0.2, -0.15) is 0 Å². The van der Waals surface area contributed by atoms with Gasteiger partial charge in [0.25, 0.3) is 5.09 Å². The lowest BCUT2D eigenvalue weighted by molar-refractivity contribution is -0.763. The summed E-state index contributed by atoms with van der Waals surface area (Å²) in [5.41, 5.74) is 4.69. The van der Waals surface area contributed by atoms with Crippen molar-refractivity contribution in [2.24, 2.45) is 5.92 Å². The van der Waals surface area contributed by atoms with Crippen LogP contribution >= 0.6 is 0 Å². The van der Waals surface area contributed by atoms with E-state index in [1.807, 2.05) is 13.0 Å². The summed E-state index contributed by atoms with van der Waals surface area (Å²) in [6, 6.07) is 20.2. The third kappa shape index (κ3) is 9.96. The summed E-state index contributed by atoms with van der Waals surface area (Å²) in [6.45, 7) is 8.42. The van der Waals surface area contributed by atoms with E-state index in [2.05, 4.69) is 47.1 Å². The molecule has 3 aromatic rings. The molecule has 10 nitrogen and oxygen atoms in total. The zero-order valence-electron chi connectivity index (χ0n) is 26.3. The summed E-state index contributed by atoms with van der Waals surface area (Å²) < 4.78 is 11.3. The van der Waals surface area contributed by atoms with Crippen molar-refractivity contribution in [1.82, 2.24) is 5.32 Å². The number of hydrogen-bond donors (Lipinski definition) is 1. The lowest BCUT2D eigenvalue weighted by Gasteiger charge is -2.33. The Bertz CT molecular complexity index is 1440. The van der Waals surface area contributed by atoms with Gasteiger partial charge in [-0.15, -0.1) is 10.1 Å². The topological polar surface area (TPSA) is 120 Å². The Hall–Kier alpha value is -4.60. The molecule has 240 valence electrons. The molecule has 0 aromatic heterocycles. The number of carbonyl (C=O) groups is 2. The highest BCUT2D eigenvalue weighted by Gasteiger charge is 2.23. The van der Waals surface area contributed by atoms with Crippen molar-refractivity contribution >= 4 is 17.6 Å². The Labute approximate surface area is 264 Å². The second-order valence-electron chi connectivity index (χ2n) is 11.7. The van der Waals surface area contributed by atoms with Gasteiger partial charge in [0.2, 0.25) is 5.91 Å². The quantitative estimate of drug-likeness (QED) is 0.115. The van der Waals surface area contributed by atoms with Gasteiger partial charge in [-0.1, -0.05) is 62.4 Å². The molecule has 1 N–H and O–H groups in total. The number of nitrogens with one attached hydrogen (secondary N) is 1. The maximum absolute atomic E-state index is 13.4. The number of rotatable bonds is 15. The molecule has 1 saturated heterocycles. The summed E-state index contributed by atoms with van der Waals surface area (Å²) >= 11 is 0. The van der Waals surface area contributed by atoms with Crippen LogP contribution in [0.3, 0.4) is 0 Å². The molecule has 45 heavy (non-hydrogen) atoms. The Kier molecular flexibility index (Phi) is 12.2. The summed E-state index contributed by atoms with van der Waals surface area (Å²) in [4.78, 5) is 43.6. The third-order valence-electron chi connectivity index (χ3n) is 7.71. The van der Waals surface area contributed by atoms with Crippen LogP contribution in [-0.4, -0.2) is 36.7 Å². The molecule has 1 fully saturated rings. The highest BCUT2D eigenvalue weighted by Crippen LogP contribution is 2.32. The van der Waals surface area contributed by atoms with Crippen LogP contribution in [0.5, 0.6) is 5.75 Å². The highest BCUT2D eigenvalue weighted by atomic mass is 16.9. The maximum atomic E-state index is 13.4. The van der Waals surface area contributed by atoms with Gasteiger partial charge in [-0.25, -0.2) is 4.79 Å². The lowest BCUT2D eigenvalue weighted by atomic mass is 9.94. The van der Waals surface area contributed by atoms with Gasteiger partial charge in [0, 0.05) is 18.8 Å². The molecule has 3 aromatic carbocycles. The molecule has 1 heterocycles. The van der Waals surface area contributed by atoms with Crippen LogP contribution in [-0.2, 0) is 34.0 Å². The fraction of sp³-hybridized carbons (Fsp3) is 0.429. The van der Waals surface area contributed by atoms with E-state index in [4.69, 9.17) is 9.47 Å². The van der Waals surface area contributed by atoms with E-state index >= 15 is 0 Å². The predicted octanol–water partition coefficient (Wildman–Crippen LogP) is 6.59. The first-order chi connectivity index (χ1) is 21.7. The van der Waals surface area contributed by atoms with Gasteiger partial charge >= 0.3 is 5.97 Å². The van der Waals surface area contributed by atoms with Crippen molar-refractivity contribution in [1.29, 1.82) is 0 Å². The average Bonchev–Trinajstić information content (AvgIpc) is 3.03. The number of anilines is 1. The van der Waals surface area contributed by atoms with Crippen molar-refractivity contribution in [3.8, 4) is 5.75 Å². The second-order valence-corrected chi connectivity index (χ2v) is 11.7. The van der Waals surface area contributed by atoms with Crippen LogP contribution in [0.1, 0.15) is 85.1 Å². The monoisotopic (exact) mass is 617 g/mol. The smallest absolute Gasteiger partial charge is 0.342 e. The van der Waals surface area contributed by atoms with E-state index in [-0.39, 0.29) is 37.1 Å². The fourth-order valence-electron chi connectivity index (χ4n) is 5.58. The highest BCUT2D eigenvalue weighted by molar-refractivity contribution is 5.93. The summed E-state index contributed by atoms with van der Waals surface area (Å²) in [6.07, 6.45) is 4.57. The molecular weight excluding hydrogens is 574 g/mol. The molecule has 0 saturated carbocycles. The van der Waals surface area contributed by atoms with Crippen LogP contribution in [0.2, 0.25) is 0 Å². The van der Waals surface area contributed by atoms with Crippen LogP contribution in [0, 0.1) is 16.0 Å². The SMILES string of the molecule is CCOc1cc(CC(=O)N[C@@H](CC(C)C)c2ccccc2N2CCCCC2)ccc1C(=O)OCc1ccc(CO[N+](=O)[O-])cc1. The van der Waals surface area contributed by atoms with Gasteiger partial charge < -0.3 is 24.5 Å². The van der Waals surface area contributed by atoms with Crippen molar-refractivity contribution in [3.63, 3.8) is 0 Å². The summed E-state index contributed by atoms with van der Waals surface area (Å²) in [7, 11) is 0. The van der Waals surface area contributed by atoms with Crippen LogP contribution in [0.15, 0.2) is 66.7 Å². The number of amides is 1. The van der Waals surface area contributed by atoms with E-state index in [0.717, 1.165) is 36.2 Å². The van der Waals surface area contributed by atoms with Gasteiger partial charge in [-0.3, -0.25) is 4.79 Å². The van der Waals surface area contributed by atoms with Crippen LogP contribution in [0.25, 0.3) is 0 Å². The largest absolute Gasteiger partial charge is 0.493 e. The molecule has 1 amide bonds. The first-order valence-corrected chi connectivity index (χ1v) is 15.6. The van der Waals surface area contributed by atoms with Crippen molar-refractivity contribution in [2.45, 2.75) is 72.1 Å². The minimum atomic E-state index is -0.844. The van der Waals surface area contributed by atoms with Gasteiger partial charge in [0.15, 0.2) is 0 Å². The Morgan fingerprint density at radius 2 is 1.60 bits per heavy atom. The van der Waals surface area contributed by atoms with Crippen LogP contribution in [0.4, 0.5) is 5.69 Å². The van der Waals surface area contributed by atoms with Gasteiger partial charge in [-0.05, 0) is 79.0 Å². The predicted molar refractivity (Wildman–Crippen MR) is 172 cm³/mol. The molecule has 0 aliphatic carbocycles. The van der Waals surface area contributed by atoms with Gasteiger partial charge in [0.1, 0.15) is 24.5 Å². The minimum absolute atomic E-state index is 0.0150. The lowest BCUT2D eigenvalue weighted by Crippen LogP contribution is -2.34. The Morgan fingerprint density at radius 3 is 2.27 bits per heavy atom. The van der Waals surface area contributed by atoms with Crippen molar-refractivity contribution in [3.05, 3.63) is 105 Å². The maximum Gasteiger partial charge on any atom is 0.342 e. The molecular formula is C35H43N3O7. The Morgan fingerprint density at radius 1 is 0.933 bits per heavy atom. The first kappa shape index (κ1) is 33.3. The minimum Gasteiger partial charge on any atom is -0.493 e. The summed E-state index contributed by atoms with van der Waals surface area (Å²) in [5.74, 6) is 0.0924. The number of benzene rings is 3. The van der Waals surface area contributed by atoms with E-state index in [1.54, 1.807) is 42.5 Å². The number of nitrogens with zero attached hydrogens (tertiary/aromatic N) is 2. The van der Waals surface area contributed by atoms with Crippen LogP contribution < -0.4 is 15.0 Å². The molecule has 0 radical (unpaired) electrons. The molecule has 1 aliphatic rings. The van der Waals surface area contributed by atoms with E-state index in [0.29, 0.717) is 23.8 Å². The zero-order valence-corrected chi connectivity index (χ0v) is 26.3. The third-order valence-corrected chi connectivity index (χ3v) is 7.71. The standard InChI is InChI=1S/C35H43N3O7/c1-4-43-33-21-28(16-17-30(33)35(40)44-23-26-12-14-27(15-13-26)24-45-38(41)42)22-34(39)36-31(20-25(2)3)29-10-6-7-11-32(29)37-18-8-5-9-19-37/h6-7,10-17,21,25,31H,4-5,8-9,18-20,22-24H2,1-3H3,(H,36,39)/t31-/m0/s1. The molecule has 0 spiro atoms.